The number of aliphatic hydroxyl groups excluding tert-OH is 1. The molecule has 0 aliphatic carbocycles. The number of unbranched alkanes of at least 4 members (excludes halogenated alkanes) is 6. The number of aliphatic hydroxyl groups is 1. The Labute approximate surface area is 123 Å². The summed E-state index contributed by atoms with van der Waals surface area (Å²) in [6, 6.07) is 0. The first kappa shape index (κ1) is 18.7. The zero-order valence-electron chi connectivity index (χ0n) is 12.6. The van der Waals surface area contributed by atoms with Gasteiger partial charge in [-0.2, -0.15) is 0 Å². The molecule has 0 amide bonds. The van der Waals surface area contributed by atoms with Gasteiger partial charge in [0.25, 0.3) is 0 Å². The quantitative estimate of drug-likeness (QED) is 0.445. The SMILES string of the molecule is CCCCCC/C=C/C#CC(O)CCCCCC(=O)O. The number of aliphatic carboxylic acids is 1. The van der Waals surface area contributed by atoms with Crippen molar-refractivity contribution < 1.29 is 15.0 Å². The summed E-state index contributed by atoms with van der Waals surface area (Å²) in [5, 5.41) is 18.1. The van der Waals surface area contributed by atoms with Crippen LogP contribution in [0.15, 0.2) is 12.2 Å². The van der Waals surface area contributed by atoms with Gasteiger partial charge in [0.1, 0.15) is 6.10 Å². The second-order valence-corrected chi connectivity index (χ2v) is 5.05. The lowest BCUT2D eigenvalue weighted by atomic mass is 10.1. The van der Waals surface area contributed by atoms with Crippen LogP contribution in [0.1, 0.15) is 71.1 Å². The monoisotopic (exact) mass is 280 g/mol. The van der Waals surface area contributed by atoms with Gasteiger partial charge in [-0.05, 0) is 38.2 Å². The van der Waals surface area contributed by atoms with Gasteiger partial charge < -0.3 is 10.2 Å². The van der Waals surface area contributed by atoms with Gasteiger partial charge in [0.05, 0.1) is 0 Å². The number of hydrogen-bond donors (Lipinski definition) is 2. The zero-order chi connectivity index (χ0) is 15.1. The van der Waals surface area contributed by atoms with Gasteiger partial charge in [-0.3, -0.25) is 4.79 Å². The number of carboxylic acid groups (broad SMARTS) is 1. The third kappa shape index (κ3) is 14.8. The van der Waals surface area contributed by atoms with Gasteiger partial charge >= 0.3 is 5.97 Å². The molecule has 2 N–H and O–H groups in total. The average molecular weight is 280 g/mol. The van der Waals surface area contributed by atoms with Crippen molar-refractivity contribution in [3.05, 3.63) is 12.2 Å². The van der Waals surface area contributed by atoms with E-state index < -0.39 is 12.1 Å². The summed E-state index contributed by atoms with van der Waals surface area (Å²) >= 11 is 0. The highest BCUT2D eigenvalue weighted by atomic mass is 16.4. The number of carboxylic acids is 1. The standard InChI is InChI=1S/C17H28O3/c1-2-3-4-5-6-7-8-10-13-16(18)14-11-9-12-15-17(19)20/h7-8,16,18H,2-6,9,11-12,14-15H2,1H3,(H,19,20)/b8-7+. The Hall–Kier alpha value is -1.27. The van der Waals surface area contributed by atoms with Crippen molar-refractivity contribution in [2.75, 3.05) is 0 Å². The summed E-state index contributed by atoms with van der Waals surface area (Å²) < 4.78 is 0. The molecule has 0 aromatic heterocycles. The molecule has 0 bridgehead atoms. The third-order valence-corrected chi connectivity index (χ3v) is 3.04. The van der Waals surface area contributed by atoms with Crippen LogP contribution in [0, 0.1) is 11.8 Å². The lowest BCUT2D eigenvalue weighted by Crippen LogP contribution is -2.02. The molecule has 0 saturated heterocycles. The number of hydrogen-bond acceptors (Lipinski definition) is 2. The molecule has 20 heavy (non-hydrogen) atoms. The summed E-state index contributed by atoms with van der Waals surface area (Å²) in [5.74, 6) is 4.89. The minimum atomic E-state index is -0.755. The molecule has 3 heteroatoms. The highest BCUT2D eigenvalue weighted by Gasteiger charge is 2.00. The Morgan fingerprint density at radius 3 is 2.60 bits per heavy atom. The van der Waals surface area contributed by atoms with Crippen LogP contribution in [-0.2, 0) is 4.79 Å². The molecule has 1 unspecified atom stereocenters. The van der Waals surface area contributed by atoms with Crippen LogP contribution in [0.3, 0.4) is 0 Å². The molecular weight excluding hydrogens is 252 g/mol. The zero-order valence-corrected chi connectivity index (χ0v) is 12.6. The summed E-state index contributed by atoms with van der Waals surface area (Å²) in [5.41, 5.74) is 0. The molecule has 0 heterocycles. The molecule has 1 atom stereocenters. The molecule has 0 aromatic rings. The fourth-order valence-electron chi connectivity index (χ4n) is 1.84. The molecular formula is C17H28O3. The van der Waals surface area contributed by atoms with Crippen LogP contribution in [0.4, 0.5) is 0 Å². The van der Waals surface area contributed by atoms with E-state index >= 15 is 0 Å². The Bertz CT molecular complexity index is 323. The maximum atomic E-state index is 10.3. The van der Waals surface area contributed by atoms with E-state index in [1.54, 1.807) is 0 Å². The van der Waals surface area contributed by atoms with E-state index in [2.05, 4.69) is 24.8 Å². The van der Waals surface area contributed by atoms with Gasteiger partial charge in [-0.25, -0.2) is 0 Å². The first-order chi connectivity index (χ1) is 9.66. The van der Waals surface area contributed by atoms with Crippen molar-refractivity contribution in [1.29, 1.82) is 0 Å². The topological polar surface area (TPSA) is 57.5 Å². The molecule has 0 aliphatic rings. The number of carbonyl (C=O) groups is 1. The van der Waals surface area contributed by atoms with E-state index in [-0.39, 0.29) is 6.42 Å². The molecule has 0 radical (unpaired) electrons. The van der Waals surface area contributed by atoms with Crippen molar-refractivity contribution in [3.8, 4) is 11.8 Å². The van der Waals surface area contributed by atoms with Crippen molar-refractivity contribution in [3.63, 3.8) is 0 Å². The van der Waals surface area contributed by atoms with Crippen LogP contribution in [0.5, 0.6) is 0 Å². The summed E-state index contributed by atoms with van der Waals surface area (Å²) in [7, 11) is 0. The van der Waals surface area contributed by atoms with Gasteiger partial charge in [0, 0.05) is 6.42 Å². The normalized spacial score (nSPS) is 12.1. The maximum absolute atomic E-state index is 10.3. The molecule has 0 fully saturated rings. The average Bonchev–Trinajstić information content (AvgIpc) is 2.41. The van der Waals surface area contributed by atoms with E-state index in [9.17, 15) is 9.90 Å². The smallest absolute Gasteiger partial charge is 0.303 e. The number of rotatable bonds is 11. The molecule has 0 aromatic carbocycles. The maximum Gasteiger partial charge on any atom is 0.303 e. The largest absolute Gasteiger partial charge is 0.481 e. The fourth-order valence-corrected chi connectivity index (χ4v) is 1.84. The molecule has 0 aliphatic heterocycles. The Kier molecular flexibility index (Phi) is 13.2. The van der Waals surface area contributed by atoms with E-state index in [4.69, 9.17) is 5.11 Å². The van der Waals surface area contributed by atoms with Crippen molar-refractivity contribution >= 4 is 5.97 Å². The Balaban J connectivity index is 3.50. The second-order valence-electron chi connectivity index (χ2n) is 5.05. The minimum absolute atomic E-state index is 0.211. The fraction of sp³-hybridized carbons (Fsp3) is 0.706. The third-order valence-electron chi connectivity index (χ3n) is 3.04. The van der Waals surface area contributed by atoms with Crippen LogP contribution >= 0.6 is 0 Å². The minimum Gasteiger partial charge on any atom is -0.481 e. The summed E-state index contributed by atoms with van der Waals surface area (Å²) in [4.78, 5) is 10.3. The van der Waals surface area contributed by atoms with Crippen LogP contribution in [0.2, 0.25) is 0 Å². The van der Waals surface area contributed by atoms with Crippen LogP contribution < -0.4 is 0 Å². The Morgan fingerprint density at radius 1 is 1.15 bits per heavy atom. The van der Waals surface area contributed by atoms with E-state index in [0.717, 1.165) is 19.3 Å². The van der Waals surface area contributed by atoms with Crippen LogP contribution in [0.25, 0.3) is 0 Å². The molecule has 114 valence electrons. The molecule has 0 saturated carbocycles. The van der Waals surface area contributed by atoms with Crippen molar-refractivity contribution in [2.24, 2.45) is 0 Å². The van der Waals surface area contributed by atoms with E-state index in [1.807, 2.05) is 6.08 Å². The first-order valence-electron chi connectivity index (χ1n) is 7.72. The Morgan fingerprint density at radius 2 is 1.90 bits per heavy atom. The molecule has 3 nitrogen and oxygen atoms in total. The van der Waals surface area contributed by atoms with Crippen LogP contribution in [-0.4, -0.2) is 22.3 Å². The first-order valence-corrected chi connectivity index (χ1v) is 7.72. The van der Waals surface area contributed by atoms with E-state index in [0.29, 0.717) is 12.8 Å². The van der Waals surface area contributed by atoms with Gasteiger partial charge in [0.15, 0.2) is 0 Å². The van der Waals surface area contributed by atoms with Crippen molar-refractivity contribution in [2.45, 2.75) is 77.2 Å². The summed E-state index contributed by atoms with van der Waals surface area (Å²) in [6.07, 6.45) is 12.5. The number of allylic oxidation sites excluding steroid dienone is 2. The van der Waals surface area contributed by atoms with Gasteiger partial charge in [-0.15, -0.1) is 0 Å². The van der Waals surface area contributed by atoms with Gasteiger partial charge in [-0.1, -0.05) is 50.5 Å². The lowest BCUT2D eigenvalue weighted by molar-refractivity contribution is -0.137. The predicted octanol–water partition coefficient (Wildman–Crippen LogP) is 3.91. The molecule has 0 rings (SSSR count). The van der Waals surface area contributed by atoms with E-state index in [1.165, 1.54) is 25.7 Å². The second kappa shape index (κ2) is 14.1. The van der Waals surface area contributed by atoms with Crippen molar-refractivity contribution in [1.82, 2.24) is 0 Å². The highest BCUT2D eigenvalue weighted by Crippen LogP contribution is 2.05. The van der Waals surface area contributed by atoms with Gasteiger partial charge in [0.2, 0.25) is 0 Å². The lowest BCUT2D eigenvalue weighted by Gasteiger charge is -2.01. The summed E-state index contributed by atoms with van der Waals surface area (Å²) in [6.45, 7) is 2.20. The highest BCUT2D eigenvalue weighted by molar-refractivity contribution is 5.66. The molecule has 0 spiro atoms. The predicted molar refractivity (Wildman–Crippen MR) is 82.4 cm³/mol.